The second kappa shape index (κ2) is 7.70. The monoisotopic (exact) mass is 340 g/mol. The molecule has 0 bridgehead atoms. The Labute approximate surface area is 139 Å². The summed E-state index contributed by atoms with van der Waals surface area (Å²) in [5, 5.41) is 11.9. The number of anilines is 1. The maximum absolute atomic E-state index is 13.9. The summed E-state index contributed by atoms with van der Waals surface area (Å²) in [4.78, 5) is 25.7. The van der Waals surface area contributed by atoms with E-state index in [1.54, 1.807) is 0 Å². The predicted molar refractivity (Wildman–Crippen MR) is 85.3 cm³/mol. The second-order valence-electron chi connectivity index (χ2n) is 6.37. The van der Waals surface area contributed by atoms with Gasteiger partial charge in [-0.15, -0.1) is 0 Å². The summed E-state index contributed by atoms with van der Waals surface area (Å²) < 4.78 is 26.9. The van der Waals surface area contributed by atoms with E-state index in [-0.39, 0.29) is 49.0 Å². The lowest BCUT2D eigenvalue weighted by molar-refractivity contribution is -0.127. The predicted octanol–water partition coefficient (Wildman–Crippen LogP) is 1.84. The van der Waals surface area contributed by atoms with Crippen LogP contribution in [0, 0.1) is 23.5 Å². The molecule has 132 valence electrons. The van der Waals surface area contributed by atoms with Crippen LogP contribution in [0.4, 0.5) is 14.5 Å². The van der Waals surface area contributed by atoms with Crippen molar-refractivity contribution >= 4 is 17.5 Å². The Morgan fingerprint density at radius 3 is 2.71 bits per heavy atom. The SMILES string of the molecule is CC(C)C(CCO)NC(=O)C1CC(=O)N(c2ccc(F)cc2F)C1. The van der Waals surface area contributed by atoms with Crippen LogP contribution in [0.5, 0.6) is 0 Å². The van der Waals surface area contributed by atoms with Crippen molar-refractivity contribution in [3.05, 3.63) is 29.8 Å². The Morgan fingerprint density at radius 2 is 2.12 bits per heavy atom. The number of halogens is 2. The molecule has 0 aromatic heterocycles. The molecule has 1 aliphatic rings. The third-order valence-electron chi connectivity index (χ3n) is 4.27. The number of hydrogen-bond acceptors (Lipinski definition) is 3. The Bertz CT molecular complexity index is 622. The summed E-state index contributed by atoms with van der Waals surface area (Å²) in [5.41, 5.74) is -0.0209. The molecule has 2 rings (SSSR count). The van der Waals surface area contributed by atoms with Gasteiger partial charge in [0, 0.05) is 31.7 Å². The zero-order valence-corrected chi connectivity index (χ0v) is 13.8. The van der Waals surface area contributed by atoms with E-state index in [0.29, 0.717) is 12.5 Å². The number of carbonyl (C=O) groups excluding carboxylic acids is 2. The molecule has 1 aromatic carbocycles. The zero-order chi connectivity index (χ0) is 17.9. The van der Waals surface area contributed by atoms with Crippen LogP contribution in [-0.2, 0) is 9.59 Å². The minimum Gasteiger partial charge on any atom is -0.396 e. The van der Waals surface area contributed by atoms with E-state index in [2.05, 4.69) is 5.32 Å². The van der Waals surface area contributed by atoms with Gasteiger partial charge in [-0.25, -0.2) is 8.78 Å². The minimum absolute atomic E-state index is 0.0209. The molecule has 1 aliphatic heterocycles. The normalized spacial score (nSPS) is 19.0. The molecule has 0 aliphatic carbocycles. The summed E-state index contributed by atoms with van der Waals surface area (Å²) in [7, 11) is 0. The van der Waals surface area contributed by atoms with Crippen LogP contribution in [0.25, 0.3) is 0 Å². The smallest absolute Gasteiger partial charge is 0.227 e. The van der Waals surface area contributed by atoms with Gasteiger partial charge in [0.15, 0.2) is 0 Å². The maximum atomic E-state index is 13.9. The molecule has 2 N–H and O–H groups in total. The highest BCUT2D eigenvalue weighted by Crippen LogP contribution is 2.28. The largest absolute Gasteiger partial charge is 0.396 e. The van der Waals surface area contributed by atoms with Crippen LogP contribution < -0.4 is 10.2 Å². The summed E-state index contributed by atoms with van der Waals surface area (Å²) >= 11 is 0. The van der Waals surface area contributed by atoms with E-state index in [9.17, 15) is 18.4 Å². The van der Waals surface area contributed by atoms with Gasteiger partial charge in [0.2, 0.25) is 11.8 Å². The molecule has 2 amide bonds. The third-order valence-corrected chi connectivity index (χ3v) is 4.27. The molecule has 5 nitrogen and oxygen atoms in total. The van der Waals surface area contributed by atoms with Gasteiger partial charge < -0.3 is 15.3 Å². The first kappa shape index (κ1) is 18.3. The van der Waals surface area contributed by atoms with Gasteiger partial charge >= 0.3 is 0 Å². The first-order valence-corrected chi connectivity index (χ1v) is 8.00. The average molecular weight is 340 g/mol. The number of hydrogen-bond donors (Lipinski definition) is 2. The van der Waals surface area contributed by atoms with E-state index in [4.69, 9.17) is 5.11 Å². The second-order valence-corrected chi connectivity index (χ2v) is 6.37. The van der Waals surface area contributed by atoms with E-state index >= 15 is 0 Å². The van der Waals surface area contributed by atoms with Crippen LogP contribution in [0.2, 0.25) is 0 Å². The molecular formula is C17H22F2N2O3. The molecule has 1 aromatic rings. The molecule has 1 heterocycles. The summed E-state index contributed by atoms with van der Waals surface area (Å²) in [5.74, 6) is -2.67. The fourth-order valence-electron chi connectivity index (χ4n) is 2.83. The first-order chi connectivity index (χ1) is 11.3. The molecule has 1 fully saturated rings. The highest BCUT2D eigenvalue weighted by Gasteiger charge is 2.37. The highest BCUT2D eigenvalue weighted by molar-refractivity contribution is 6.00. The summed E-state index contributed by atoms with van der Waals surface area (Å²) in [6, 6.07) is 2.81. The van der Waals surface area contributed by atoms with Gasteiger partial charge in [0.05, 0.1) is 11.6 Å². The van der Waals surface area contributed by atoms with Crippen molar-refractivity contribution in [2.45, 2.75) is 32.7 Å². The highest BCUT2D eigenvalue weighted by atomic mass is 19.1. The third kappa shape index (κ3) is 4.08. The van der Waals surface area contributed by atoms with Gasteiger partial charge in [-0.2, -0.15) is 0 Å². The fraction of sp³-hybridized carbons (Fsp3) is 0.529. The standard InChI is InChI=1S/C17H22F2N2O3/c1-10(2)14(5-6-22)20-17(24)11-7-16(23)21(9-11)15-4-3-12(18)8-13(15)19/h3-4,8,10-11,14,22H,5-7,9H2,1-2H3,(H,20,24). The number of aliphatic hydroxyl groups excluding tert-OH is 1. The Kier molecular flexibility index (Phi) is 5.88. The molecule has 24 heavy (non-hydrogen) atoms. The fourth-order valence-corrected chi connectivity index (χ4v) is 2.83. The van der Waals surface area contributed by atoms with Crippen molar-refractivity contribution in [1.29, 1.82) is 0 Å². The van der Waals surface area contributed by atoms with Crippen LogP contribution in [0.3, 0.4) is 0 Å². The number of carbonyl (C=O) groups is 2. The van der Waals surface area contributed by atoms with Crippen molar-refractivity contribution in [3.63, 3.8) is 0 Å². The zero-order valence-electron chi connectivity index (χ0n) is 13.8. The van der Waals surface area contributed by atoms with Crippen LogP contribution in [-0.4, -0.2) is 36.1 Å². The number of aliphatic hydroxyl groups is 1. The van der Waals surface area contributed by atoms with Crippen LogP contribution in [0.15, 0.2) is 18.2 Å². The van der Waals surface area contributed by atoms with Gasteiger partial charge in [-0.05, 0) is 24.5 Å². The van der Waals surface area contributed by atoms with Crippen molar-refractivity contribution in [1.82, 2.24) is 5.32 Å². The lowest BCUT2D eigenvalue weighted by Gasteiger charge is -2.23. The Morgan fingerprint density at radius 1 is 1.42 bits per heavy atom. The molecule has 2 atom stereocenters. The maximum Gasteiger partial charge on any atom is 0.227 e. The first-order valence-electron chi connectivity index (χ1n) is 8.00. The molecule has 2 unspecified atom stereocenters. The van der Waals surface area contributed by atoms with Gasteiger partial charge in [-0.1, -0.05) is 13.8 Å². The number of rotatable bonds is 6. The van der Waals surface area contributed by atoms with Gasteiger partial charge in [0.1, 0.15) is 11.6 Å². The quantitative estimate of drug-likeness (QED) is 0.830. The number of nitrogens with one attached hydrogen (secondary N) is 1. The van der Waals surface area contributed by atoms with E-state index < -0.39 is 17.6 Å². The van der Waals surface area contributed by atoms with Crippen LogP contribution in [0.1, 0.15) is 26.7 Å². The Balaban J connectivity index is 2.07. The Hall–Kier alpha value is -2.02. The molecule has 7 heteroatoms. The molecular weight excluding hydrogens is 318 g/mol. The van der Waals surface area contributed by atoms with Crippen molar-refractivity contribution in [3.8, 4) is 0 Å². The lowest BCUT2D eigenvalue weighted by Crippen LogP contribution is -2.43. The minimum atomic E-state index is -0.829. The topological polar surface area (TPSA) is 69.6 Å². The van der Waals surface area contributed by atoms with Crippen molar-refractivity contribution in [2.75, 3.05) is 18.1 Å². The molecule has 0 saturated carbocycles. The average Bonchev–Trinajstić information content (AvgIpc) is 2.88. The van der Waals surface area contributed by atoms with Crippen LogP contribution >= 0.6 is 0 Å². The number of nitrogens with zero attached hydrogens (tertiary/aromatic N) is 1. The lowest BCUT2D eigenvalue weighted by atomic mass is 9.99. The molecule has 0 radical (unpaired) electrons. The van der Waals surface area contributed by atoms with E-state index in [1.165, 1.54) is 11.0 Å². The summed E-state index contributed by atoms with van der Waals surface area (Å²) in [6.07, 6.45) is 0.410. The number of amides is 2. The van der Waals surface area contributed by atoms with Crippen molar-refractivity contribution in [2.24, 2.45) is 11.8 Å². The molecule has 1 saturated heterocycles. The van der Waals surface area contributed by atoms with E-state index in [1.807, 2.05) is 13.8 Å². The summed E-state index contributed by atoms with van der Waals surface area (Å²) in [6.45, 7) is 3.87. The van der Waals surface area contributed by atoms with Gasteiger partial charge in [-0.3, -0.25) is 9.59 Å². The molecule has 0 spiro atoms. The van der Waals surface area contributed by atoms with Gasteiger partial charge in [0.25, 0.3) is 0 Å². The van der Waals surface area contributed by atoms with E-state index in [0.717, 1.165) is 6.07 Å². The van der Waals surface area contributed by atoms with Crippen molar-refractivity contribution < 1.29 is 23.5 Å². The number of benzene rings is 1.